The number of nitrogens with zero attached hydrogens (tertiary/aromatic N) is 1. The van der Waals surface area contributed by atoms with Crippen LogP contribution in [0.15, 0.2) is 53.7 Å². The van der Waals surface area contributed by atoms with Crippen LogP contribution in [-0.4, -0.2) is 19.2 Å². The second kappa shape index (κ2) is 6.12. The number of hydrogen-bond donors (Lipinski definition) is 1. The van der Waals surface area contributed by atoms with Gasteiger partial charge in [-0.25, -0.2) is 0 Å². The minimum atomic E-state index is -0.421. The van der Waals surface area contributed by atoms with Crippen molar-refractivity contribution in [3.8, 4) is 5.75 Å². The molecule has 2 aromatic rings. The van der Waals surface area contributed by atoms with Crippen molar-refractivity contribution in [3.05, 3.63) is 59.7 Å². The third-order valence-corrected chi connectivity index (χ3v) is 3.89. The summed E-state index contributed by atoms with van der Waals surface area (Å²) < 4.78 is 5.13. The third kappa shape index (κ3) is 3.18. The summed E-state index contributed by atoms with van der Waals surface area (Å²) >= 11 is 0. The van der Waals surface area contributed by atoms with Crippen molar-refractivity contribution in [2.24, 2.45) is 5.16 Å². The van der Waals surface area contributed by atoms with Crippen LogP contribution in [0, 0.1) is 0 Å². The molecule has 5 nitrogen and oxygen atoms in total. The number of benzene rings is 2. The maximum atomic E-state index is 12.3. The molecular formula is C18H18N2O3. The summed E-state index contributed by atoms with van der Waals surface area (Å²) in [5.74, 6) is 0.475. The minimum Gasteiger partial charge on any atom is -0.497 e. The van der Waals surface area contributed by atoms with Crippen molar-refractivity contribution in [1.29, 1.82) is 0 Å². The standard InChI is InChI=1S/C18H18N2O3/c1-18(10-11-19-23-18)14-6-8-15(9-7-14)20-17(21)13-4-3-5-16(12-13)22-2/h3-9,11-12H,10H2,1-2H3,(H,20,21)/t18-/m1/s1. The Bertz CT molecular complexity index is 730. The molecule has 0 unspecified atom stereocenters. The molecule has 5 heteroatoms. The van der Waals surface area contributed by atoms with Gasteiger partial charge in [0.05, 0.1) is 7.11 Å². The third-order valence-electron chi connectivity index (χ3n) is 3.89. The number of anilines is 1. The van der Waals surface area contributed by atoms with E-state index in [2.05, 4.69) is 10.5 Å². The quantitative estimate of drug-likeness (QED) is 0.939. The molecule has 0 aliphatic carbocycles. The molecule has 1 aliphatic rings. The number of rotatable bonds is 4. The second-order valence-corrected chi connectivity index (χ2v) is 5.58. The van der Waals surface area contributed by atoms with Crippen LogP contribution in [0.5, 0.6) is 5.75 Å². The van der Waals surface area contributed by atoms with E-state index in [4.69, 9.17) is 9.57 Å². The lowest BCUT2D eigenvalue weighted by atomic mass is 9.93. The van der Waals surface area contributed by atoms with Gasteiger partial charge in [-0.15, -0.1) is 0 Å². The summed E-state index contributed by atoms with van der Waals surface area (Å²) in [5.41, 5.74) is 1.88. The van der Waals surface area contributed by atoms with Gasteiger partial charge in [0, 0.05) is 23.9 Å². The van der Waals surface area contributed by atoms with Gasteiger partial charge in [-0.05, 0) is 42.8 Å². The number of hydrogen-bond acceptors (Lipinski definition) is 4. The molecule has 1 atom stereocenters. The Morgan fingerprint density at radius 3 is 2.70 bits per heavy atom. The zero-order valence-corrected chi connectivity index (χ0v) is 13.1. The second-order valence-electron chi connectivity index (χ2n) is 5.58. The summed E-state index contributed by atoms with van der Waals surface area (Å²) in [6.45, 7) is 1.99. The Balaban J connectivity index is 1.71. The van der Waals surface area contributed by atoms with Crippen LogP contribution in [0.1, 0.15) is 29.3 Å². The van der Waals surface area contributed by atoms with Gasteiger partial charge >= 0.3 is 0 Å². The molecule has 1 heterocycles. The molecular weight excluding hydrogens is 292 g/mol. The molecule has 0 saturated carbocycles. The van der Waals surface area contributed by atoms with E-state index in [0.717, 1.165) is 17.7 Å². The SMILES string of the molecule is COc1cccc(C(=O)Nc2ccc([C@@]3(C)CC=NO3)cc2)c1. The predicted molar refractivity (Wildman–Crippen MR) is 88.9 cm³/mol. The van der Waals surface area contributed by atoms with Crippen LogP contribution in [0.3, 0.4) is 0 Å². The fourth-order valence-corrected chi connectivity index (χ4v) is 2.45. The lowest BCUT2D eigenvalue weighted by Gasteiger charge is -2.21. The molecule has 0 fully saturated rings. The van der Waals surface area contributed by atoms with Gasteiger partial charge in [0.25, 0.3) is 5.91 Å². The molecule has 0 radical (unpaired) electrons. The van der Waals surface area contributed by atoms with Crippen molar-refractivity contribution in [2.45, 2.75) is 18.9 Å². The van der Waals surface area contributed by atoms with Crippen molar-refractivity contribution in [2.75, 3.05) is 12.4 Å². The first-order chi connectivity index (χ1) is 11.1. The van der Waals surface area contributed by atoms with E-state index in [0.29, 0.717) is 11.3 Å². The summed E-state index contributed by atoms with van der Waals surface area (Å²) in [6, 6.07) is 14.6. The van der Waals surface area contributed by atoms with Gasteiger partial charge in [-0.1, -0.05) is 23.4 Å². The number of methoxy groups -OCH3 is 1. The summed E-state index contributed by atoms with van der Waals surface area (Å²) in [7, 11) is 1.57. The lowest BCUT2D eigenvalue weighted by Crippen LogP contribution is -2.20. The molecule has 0 spiro atoms. The lowest BCUT2D eigenvalue weighted by molar-refractivity contribution is -0.00736. The van der Waals surface area contributed by atoms with E-state index >= 15 is 0 Å². The Kier molecular flexibility index (Phi) is 4.02. The smallest absolute Gasteiger partial charge is 0.255 e. The topological polar surface area (TPSA) is 59.9 Å². The number of nitrogens with one attached hydrogen (secondary N) is 1. The van der Waals surface area contributed by atoms with Crippen LogP contribution in [0.4, 0.5) is 5.69 Å². The average molecular weight is 310 g/mol. The van der Waals surface area contributed by atoms with Crippen molar-refractivity contribution >= 4 is 17.8 Å². The summed E-state index contributed by atoms with van der Waals surface area (Å²) in [5, 5.41) is 6.71. The fraction of sp³-hybridized carbons (Fsp3) is 0.222. The molecule has 2 aromatic carbocycles. The number of carbonyl (C=O) groups excluding carboxylic acids is 1. The highest BCUT2D eigenvalue weighted by Crippen LogP contribution is 2.32. The van der Waals surface area contributed by atoms with Crippen molar-refractivity contribution < 1.29 is 14.4 Å². The van der Waals surface area contributed by atoms with E-state index < -0.39 is 5.60 Å². The zero-order valence-electron chi connectivity index (χ0n) is 13.1. The number of carbonyl (C=O) groups is 1. The molecule has 1 aliphatic heterocycles. The predicted octanol–water partition coefficient (Wildman–Crippen LogP) is 3.57. The summed E-state index contributed by atoms with van der Waals surface area (Å²) in [4.78, 5) is 17.7. The molecule has 0 saturated heterocycles. The van der Waals surface area contributed by atoms with Crippen molar-refractivity contribution in [1.82, 2.24) is 0 Å². The molecule has 1 N–H and O–H groups in total. The van der Waals surface area contributed by atoms with Crippen LogP contribution in [0.2, 0.25) is 0 Å². The first-order valence-electron chi connectivity index (χ1n) is 7.37. The molecule has 1 amide bonds. The van der Waals surface area contributed by atoms with Gasteiger partial charge in [0.15, 0.2) is 5.60 Å². The molecule has 3 rings (SSSR count). The molecule has 0 bridgehead atoms. The summed E-state index contributed by atoms with van der Waals surface area (Å²) in [6.07, 6.45) is 2.50. The Hall–Kier alpha value is -2.82. The number of ether oxygens (including phenoxy) is 1. The van der Waals surface area contributed by atoms with Crippen LogP contribution in [-0.2, 0) is 10.4 Å². The highest BCUT2D eigenvalue weighted by molar-refractivity contribution is 6.04. The van der Waals surface area contributed by atoms with E-state index in [1.807, 2.05) is 31.2 Å². The van der Waals surface area contributed by atoms with Gasteiger partial charge in [-0.3, -0.25) is 4.79 Å². The number of oxime groups is 1. The van der Waals surface area contributed by atoms with E-state index in [9.17, 15) is 4.79 Å². The van der Waals surface area contributed by atoms with Crippen LogP contribution < -0.4 is 10.1 Å². The first kappa shape index (κ1) is 15.1. The fourth-order valence-electron chi connectivity index (χ4n) is 2.45. The highest BCUT2D eigenvalue weighted by Gasteiger charge is 2.31. The highest BCUT2D eigenvalue weighted by atomic mass is 16.7. The Morgan fingerprint density at radius 1 is 1.26 bits per heavy atom. The average Bonchev–Trinajstić information content (AvgIpc) is 3.03. The van der Waals surface area contributed by atoms with Gasteiger partial charge < -0.3 is 14.9 Å². The number of amides is 1. The monoisotopic (exact) mass is 310 g/mol. The van der Waals surface area contributed by atoms with Gasteiger partial charge in [0.1, 0.15) is 5.75 Å². The molecule has 23 heavy (non-hydrogen) atoms. The maximum Gasteiger partial charge on any atom is 0.255 e. The normalized spacial score (nSPS) is 19.2. The Morgan fingerprint density at radius 2 is 2.04 bits per heavy atom. The van der Waals surface area contributed by atoms with Crippen LogP contribution in [0.25, 0.3) is 0 Å². The largest absolute Gasteiger partial charge is 0.497 e. The van der Waals surface area contributed by atoms with E-state index in [-0.39, 0.29) is 5.91 Å². The van der Waals surface area contributed by atoms with Crippen LogP contribution >= 0.6 is 0 Å². The van der Waals surface area contributed by atoms with E-state index in [1.165, 1.54) is 0 Å². The van der Waals surface area contributed by atoms with Gasteiger partial charge in [0.2, 0.25) is 0 Å². The molecule has 0 aromatic heterocycles. The Labute approximate surface area is 134 Å². The first-order valence-corrected chi connectivity index (χ1v) is 7.37. The van der Waals surface area contributed by atoms with E-state index in [1.54, 1.807) is 37.6 Å². The molecule has 118 valence electrons. The van der Waals surface area contributed by atoms with Crippen molar-refractivity contribution in [3.63, 3.8) is 0 Å². The van der Waals surface area contributed by atoms with Gasteiger partial charge in [-0.2, -0.15) is 0 Å². The maximum absolute atomic E-state index is 12.3. The minimum absolute atomic E-state index is 0.177. The zero-order chi connectivity index (χ0) is 16.3.